The summed E-state index contributed by atoms with van der Waals surface area (Å²) < 4.78 is 59.5. The van der Waals surface area contributed by atoms with Gasteiger partial charge < -0.3 is 14.3 Å². The molecule has 3 atom stereocenters. The molecule has 0 N–H and O–H groups in total. The van der Waals surface area contributed by atoms with Crippen molar-refractivity contribution >= 4 is 63.1 Å². The Bertz CT molecular complexity index is 2140. The van der Waals surface area contributed by atoms with Crippen LogP contribution >= 0.6 is 34.8 Å². The van der Waals surface area contributed by atoms with Crippen LogP contribution < -0.4 is 0 Å². The highest BCUT2D eigenvalue weighted by molar-refractivity contribution is 7.87. The number of oxime groups is 1. The van der Waals surface area contributed by atoms with Crippen LogP contribution in [0.2, 0.25) is 15.1 Å². The van der Waals surface area contributed by atoms with Crippen LogP contribution in [0.25, 0.3) is 22.3 Å². The van der Waals surface area contributed by atoms with Crippen LogP contribution in [0.4, 0.5) is 4.39 Å². The number of nitrogens with zero attached hydrogens (tertiary/aromatic N) is 1. The lowest BCUT2D eigenvalue weighted by Crippen LogP contribution is -2.45. The van der Waals surface area contributed by atoms with Gasteiger partial charge in [0.05, 0.1) is 32.4 Å². The fourth-order valence-corrected chi connectivity index (χ4v) is 6.98. The molecule has 268 valence electrons. The third-order valence-corrected chi connectivity index (χ3v) is 10.1. The molecule has 0 aliphatic rings. The Hall–Kier alpha value is -4.78. The number of alkyl halides is 1. The van der Waals surface area contributed by atoms with Gasteiger partial charge in [0.25, 0.3) is 10.1 Å². The van der Waals surface area contributed by atoms with Crippen molar-refractivity contribution in [2.75, 3.05) is 13.7 Å². The molecule has 0 saturated heterocycles. The van der Waals surface area contributed by atoms with E-state index in [0.717, 1.165) is 41.5 Å². The predicted molar refractivity (Wildman–Crippen MR) is 197 cm³/mol. The molecule has 0 spiro atoms. The van der Waals surface area contributed by atoms with Crippen LogP contribution in [0.15, 0.2) is 131 Å². The van der Waals surface area contributed by atoms with E-state index in [4.69, 9.17) is 48.5 Å². The van der Waals surface area contributed by atoms with E-state index in [2.05, 4.69) is 9.99 Å². The molecule has 0 aliphatic carbocycles. The maximum atomic E-state index is 15.9. The lowest BCUT2D eigenvalue weighted by atomic mass is 10.0. The Kier molecular flexibility index (Phi) is 13.0. The Morgan fingerprint density at radius 3 is 1.71 bits per heavy atom. The van der Waals surface area contributed by atoms with Crippen molar-refractivity contribution in [2.24, 2.45) is 5.16 Å². The minimum absolute atomic E-state index is 0.00481. The topological polar surface area (TPSA) is 118 Å². The number of rotatable bonds is 14. The maximum absolute atomic E-state index is 15.9. The van der Waals surface area contributed by atoms with Gasteiger partial charge in [0, 0.05) is 0 Å². The number of hydrogen-bond donors (Lipinski definition) is 0. The van der Waals surface area contributed by atoms with Crippen molar-refractivity contribution in [3.63, 3.8) is 0 Å². The molecule has 5 aromatic rings. The van der Waals surface area contributed by atoms with Crippen molar-refractivity contribution < 1.29 is 40.9 Å². The minimum Gasteiger partial charge on any atom is -0.459 e. The van der Waals surface area contributed by atoms with Gasteiger partial charge in [-0.25, -0.2) is 14.0 Å². The summed E-state index contributed by atoms with van der Waals surface area (Å²) in [7, 11) is -3.77. The molecule has 14 heteroatoms. The number of halogens is 4. The first kappa shape index (κ1) is 38.5. The Labute approximate surface area is 314 Å². The Morgan fingerprint density at radius 2 is 1.19 bits per heavy atom. The van der Waals surface area contributed by atoms with E-state index in [-0.39, 0.29) is 26.2 Å². The van der Waals surface area contributed by atoms with Crippen LogP contribution in [0, 0.1) is 0 Å². The number of carbonyl (C=O) groups is 2. The molecule has 0 amide bonds. The van der Waals surface area contributed by atoms with E-state index in [1.165, 1.54) is 24.3 Å². The number of benzene rings is 5. The highest BCUT2D eigenvalue weighted by Crippen LogP contribution is 2.34. The van der Waals surface area contributed by atoms with Gasteiger partial charge in [-0.1, -0.05) is 125 Å². The standard InChI is InChI=1S/C38H29Cl3FNO8S/c1-48-43-22-33(42)36(50-38(45)29-18-14-27(15-19-29)25-10-6-3-7-11-25)34(51-52(46,47)35-21-31(40)30(39)20-32(35)41)23-49-37(44)28-16-12-26(13-17-28)24-8-4-2-5-9-24/h2-22,33-34,36H,23H2,1H3/b43-22-/t33-,34-,36+/m0/s1. The van der Waals surface area contributed by atoms with E-state index in [1.807, 2.05) is 60.7 Å². The van der Waals surface area contributed by atoms with Gasteiger partial charge >= 0.3 is 11.9 Å². The van der Waals surface area contributed by atoms with Crippen molar-refractivity contribution in [2.45, 2.75) is 23.3 Å². The summed E-state index contributed by atoms with van der Waals surface area (Å²) in [4.78, 5) is 30.6. The normalized spacial score (nSPS) is 13.2. The van der Waals surface area contributed by atoms with Gasteiger partial charge in [-0.2, -0.15) is 8.42 Å². The molecule has 5 rings (SSSR count). The van der Waals surface area contributed by atoms with Crippen LogP contribution in [0.5, 0.6) is 0 Å². The Balaban J connectivity index is 1.45. The number of hydrogen-bond acceptors (Lipinski definition) is 9. The first-order chi connectivity index (χ1) is 25.0. The fourth-order valence-electron chi connectivity index (χ4n) is 4.93. The smallest absolute Gasteiger partial charge is 0.338 e. The summed E-state index contributed by atoms with van der Waals surface area (Å²) in [6.07, 6.45) is -5.75. The SMILES string of the molecule is CO/N=C\[C@H](F)[C@@H](OC(=O)c1ccc(-c2ccccc2)cc1)[C@H](COC(=O)c1ccc(-c2ccccc2)cc1)OS(=O)(=O)c1cc(Cl)c(Cl)cc1Cl. The summed E-state index contributed by atoms with van der Waals surface area (Å²) in [5, 5.41) is 2.83. The number of esters is 2. The molecule has 0 heterocycles. The molecular weight excluding hydrogens is 756 g/mol. The second-order valence-electron chi connectivity index (χ2n) is 11.0. The zero-order valence-electron chi connectivity index (χ0n) is 27.2. The second kappa shape index (κ2) is 17.6. The van der Waals surface area contributed by atoms with Crippen LogP contribution in [-0.4, -0.2) is 58.7 Å². The summed E-state index contributed by atoms with van der Waals surface area (Å²) in [6, 6.07) is 33.4. The highest BCUT2D eigenvalue weighted by atomic mass is 35.5. The van der Waals surface area contributed by atoms with Gasteiger partial charge in [0.1, 0.15) is 18.6 Å². The second-order valence-corrected chi connectivity index (χ2v) is 13.8. The Morgan fingerprint density at radius 1 is 0.712 bits per heavy atom. The fraction of sp³-hybridized carbons (Fsp3) is 0.132. The monoisotopic (exact) mass is 783 g/mol. The predicted octanol–water partition coefficient (Wildman–Crippen LogP) is 9.11. The van der Waals surface area contributed by atoms with E-state index < -0.39 is 51.9 Å². The molecule has 0 aliphatic heterocycles. The molecule has 0 aromatic heterocycles. The van der Waals surface area contributed by atoms with Crippen molar-refractivity contribution in [1.29, 1.82) is 0 Å². The lowest BCUT2D eigenvalue weighted by Gasteiger charge is -2.27. The maximum Gasteiger partial charge on any atom is 0.338 e. The number of ether oxygens (including phenoxy) is 2. The average Bonchev–Trinajstić information content (AvgIpc) is 3.16. The van der Waals surface area contributed by atoms with Gasteiger partial charge in [-0.3, -0.25) is 4.18 Å². The molecule has 0 saturated carbocycles. The van der Waals surface area contributed by atoms with Crippen molar-refractivity contribution in [3.8, 4) is 22.3 Å². The summed E-state index contributed by atoms with van der Waals surface area (Å²) >= 11 is 18.2. The average molecular weight is 785 g/mol. The van der Waals surface area contributed by atoms with E-state index in [0.29, 0.717) is 6.21 Å². The van der Waals surface area contributed by atoms with Gasteiger partial charge in [0.15, 0.2) is 18.4 Å². The van der Waals surface area contributed by atoms with E-state index in [1.54, 1.807) is 24.3 Å². The van der Waals surface area contributed by atoms with Crippen LogP contribution in [0.3, 0.4) is 0 Å². The first-order valence-corrected chi connectivity index (χ1v) is 18.0. The molecular formula is C38H29Cl3FNO8S. The largest absolute Gasteiger partial charge is 0.459 e. The zero-order chi connectivity index (χ0) is 37.3. The molecule has 9 nitrogen and oxygen atoms in total. The third-order valence-electron chi connectivity index (χ3n) is 7.56. The van der Waals surface area contributed by atoms with Crippen molar-refractivity contribution in [3.05, 3.63) is 148 Å². The van der Waals surface area contributed by atoms with E-state index in [9.17, 15) is 18.0 Å². The van der Waals surface area contributed by atoms with Crippen molar-refractivity contribution in [1.82, 2.24) is 0 Å². The summed E-state index contributed by atoms with van der Waals surface area (Å²) in [5.74, 6) is -1.94. The van der Waals surface area contributed by atoms with Crippen LogP contribution in [-0.2, 0) is 28.6 Å². The van der Waals surface area contributed by atoms with E-state index >= 15 is 4.39 Å². The lowest BCUT2D eigenvalue weighted by molar-refractivity contribution is -0.0478. The minimum atomic E-state index is -4.91. The molecule has 0 bridgehead atoms. The van der Waals surface area contributed by atoms with Gasteiger partial charge in [-0.15, -0.1) is 0 Å². The van der Waals surface area contributed by atoms with Crippen LogP contribution in [0.1, 0.15) is 20.7 Å². The molecule has 52 heavy (non-hydrogen) atoms. The van der Waals surface area contributed by atoms with Gasteiger partial charge in [-0.05, 0) is 58.7 Å². The van der Waals surface area contributed by atoms with Gasteiger partial charge in [0.2, 0.25) is 0 Å². The highest BCUT2D eigenvalue weighted by Gasteiger charge is 2.39. The third kappa shape index (κ3) is 9.75. The summed E-state index contributed by atoms with van der Waals surface area (Å²) in [5.41, 5.74) is 3.51. The number of carbonyl (C=O) groups excluding carboxylic acids is 2. The quantitative estimate of drug-likeness (QED) is 0.0360. The first-order valence-electron chi connectivity index (χ1n) is 15.4. The molecule has 0 unspecified atom stereocenters. The molecule has 0 radical (unpaired) electrons. The molecule has 0 fully saturated rings. The zero-order valence-corrected chi connectivity index (χ0v) is 30.3. The molecule has 5 aromatic carbocycles. The summed E-state index contributed by atoms with van der Waals surface area (Å²) in [6.45, 7) is -0.913.